The summed E-state index contributed by atoms with van der Waals surface area (Å²) in [6.07, 6.45) is 3.79. The van der Waals surface area contributed by atoms with Gasteiger partial charge in [0.25, 0.3) is 5.97 Å². The van der Waals surface area contributed by atoms with E-state index >= 15 is 0 Å². The van der Waals surface area contributed by atoms with Gasteiger partial charge in [0.05, 0.1) is 9.78 Å². The number of aromatic nitrogens is 3. The lowest BCUT2D eigenvalue weighted by atomic mass is 10.00. The Morgan fingerprint density at radius 2 is 1.79 bits per heavy atom. The van der Waals surface area contributed by atoms with Crippen molar-refractivity contribution in [2.24, 2.45) is 11.0 Å². The summed E-state index contributed by atoms with van der Waals surface area (Å²) in [5, 5.41) is 25.4. The molecular weight excluding hydrogens is 712 g/mol. The molecule has 1 aliphatic rings. The fourth-order valence-electron chi connectivity index (χ4n) is 3.67. The molecule has 0 atom stereocenters. The van der Waals surface area contributed by atoms with Gasteiger partial charge < -0.3 is 20.4 Å². The Labute approximate surface area is 249 Å². The lowest BCUT2D eigenvalue weighted by Gasteiger charge is -2.30. The number of hydrogen-bond donors (Lipinski definition) is 4. The van der Waals surface area contributed by atoms with E-state index in [-0.39, 0.29) is 5.75 Å². The molecule has 0 saturated carbocycles. The highest BCUT2D eigenvalue weighted by Gasteiger charge is 2.20. The second kappa shape index (κ2) is 13.9. The molecule has 2 aromatic carbocycles. The van der Waals surface area contributed by atoms with Crippen molar-refractivity contribution in [1.29, 1.82) is 0 Å². The van der Waals surface area contributed by atoms with Gasteiger partial charge in [-0.25, -0.2) is 5.43 Å². The zero-order valence-electron chi connectivity index (χ0n) is 21.7. The Bertz CT molecular complexity index is 1310. The van der Waals surface area contributed by atoms with E-state index in [9.17, 15) is 5.11 Å². The van der Waals surface area contributed by atoms with Crippen molar-refractivity contribution < 1.29 is 15.0 Å². The molecule has 0 radical (unpaired) electrons. The summed E-state index contributed by atoms with van der Waals surface area (Å²) in [6, 6.07) is 9.88. The second-order valence-corrected chi connectivity index (χ2v) is 11.4. The number of carboxylic acid groups (broad SMARTS) is 1. The minimum absolute atomic E-state index is 0.197. The molecule has 0 amide bonds. The number of phenolic OH excluding ortho intramolecular Hbond substituents is 1. The van der Waals surface area contributed by atoms with Crippen molar-refractivity contribution in [3.05, 3.63) is 54.2 Å². The molecule has 10 nitrogen and oxygen atoms in total. The SMILES string of the molecule is CC(=O)O.Cc1cccc(Nc2nc(NN=Cc3cc(I)cc(I)c3O)nc(N3CCC(C)CC3)n2)c1C. The maximum Gasteiger partial charge on any atom is 0.300 e. The van der Waals surface area contributed by atoms with E-state index in [1.165, 1.54) is 5.56 Å². The van der Waals surface area contributed by atoms with E-state index in [1.807, 2.05) is 24.3 Å². The van der Waals surface area contributed by atoms with Gasteiger partial charge in [0.2, 0.25) is 17.8 Å². The molecule has 0 unspecified atom stereocenters. The number of piperidine rings is 1. The number of carbonyl (C=O) groups is 1. The van der Waals surface area contributed by atoms with Crippen molar-refractivity contribution in [2.75, 3.05) is 28.7 Å². The minimum atomic E-state index is -0.833. The van der Waals surface area contributed by atoms with Crippen LogP contribution in [0.5, 0.6) is 5.75 Å². The Morgan fingerprint density at radius 1 is 1.13 bits per heavy atom. The number of hydrogen-bond acceptors (Lipinski definition) is 9. The molecule has 4 N–H and O–H groups in total. The number of phenols is 1. The van der Waals surface area contributed by atoms with Crippen LogP contribution in [0.2, 0.25) is 0 Å². The highest BCUT2D eigenvalue weighted by Crippen LogP contribution is 2.27. The van der Waals surface area contributed by atoms with Crippen molar-refractivity contribution >= 4 is 80.9 Å². The summed E-state index contributed by atoms with van der Waals surface area (Å²) in [5.41, 5.74) is 6.84. The van der Waals surface area contributed by atoms with Crippen LogP contribution >= 0.6 is 45.2 Å². The molecule has 2 heterocycles. The van der Waals surface area contributed by atoms with Gasteiger partial charge in [0.1, 0.15) is 5.75 Å². The molecular formula is C26H31I2N7O3. The second-order valence-electron chi connectivity index (χ2n) is 9.04. The molecule has 0 bridgehead atoms. The van der Waals surface area contributed by atoms with E-state index in [0.29, 0.717) is 29.3 Å². The molecule has 3 aromatic rings. The number of carboxylic acids is 1. The van der Waals surface area contributed by atoms with E-state index in [1.54, 1.807) is 6.21 Å². The van der Waals surface area contributed by atoms with Crippen LogP contribution in [0.25, 0.3) is 0 Å². The molecule has 38 heavy (non-hydrogen) atoms. The van der Waals surface area contributed by atoms with Crippen molar-refractivity contribution in [3.8, 4) is 5.75 Å². The van der Waals surface area contributed by atoms with Gasteiger partial charge >= 0.3 is 0 Å². The van der Waals surface area contributed by atoms with Gasteiger partial charge in [0.15, 0.2) is 0 Å². The Balaban J connectivity index is 0.000000934. The third-order valence-corrected chi connectivity index (χ3v) is 7.41. The standard InChI is InChI=1S/C24H27I2N7O.C2H4O2/c1-14-7-9-33(10-8-14)24-30-22(28-20-6-4-5-15(2)16(20)3)29-23(31-24)32-27-13-17-11-18(25)12-19(26)21(17)34;1-2(3)4/h4-6,11-14,34H,7-10H2,1-3H3,(H2,28,29,30,31,32);1H3,(H,3,4). The number of nitrogens with zero attached hydrogens (tertiary/aromatic N) is 5. The molecule has 1 aliphatic heterocycles. The maximum absolute atomic E-state index is 10.3. The largest absolute Gasteiger partial charge is 0.506 e. The van der Waals surface area contributed by atoms with E-state index in [4.69, 9.17) is 14.9 Å². The van der Waals surface area contributed by atoms with Gasteiger partial charge in [-0.05, 0) is 107 Å². The molecule has 4 rings (SSSR count). The molecule has 1 fully saturated rings. The molecule has 0 aliphatic carbocycles. The fourth-order valence-corrected chi connectivity index (χ4v) is 5.56. The highest BCUT2D eigenvalue weighted by atomic mass is 127. The molecule has 0 spiro atoms. The monoisotopic (exact) mass is 743 g/mol. The zero-order valence-corrected chi connectivity index (χ0v) is 26.0. The van der Waals surface area contributed by atoms with Crippen LogP contribution in [-0.4, -0.2) is 50.4 Å². The van der Waals surface area contributed by atoms with Crippen molar-refractivity contribution in [2.45, 2.75) is 40.5 Å². The smallest absolute Gasteiger partial charge is 0.300 e. The summed E-state index contributed by atoms with van der Waals surface area (Å²) in [5.74, 6) is 1.49. The number of halogens is 2. The maximum atomic E-state index is 10.3. The summed E-state index contributed by atoms with van der Waals surface area (Å²) < 4.78 is 1.79. The number of aryl methyl sites for hydroxylation is 1. The molecule has 1 aromatic heterocycles. The average molecular weight is 743 g/mol. The first kappa shape index (κ1) is 29.8. The van der Waals surface area contributed by atoms with Gasteiger partial charge in [-0.3, -0.25) is 4.79 Å². The molecule has 12 heteroatoms. The van der Waals surface area contributed by atoms with E-state index < -0.39 is 5.97 Å². The Morgan fingerprint density at radius 3 is 2.47 bits per heavy atom. The first-order valence-corrected chi connectivity index (χ1v) is 14.2. The number of aromatic hydroxyl groups is 1. The van der Waals surface area contributed by atoms with Crippen LogP contribution in [0.4, 0.5) is 23.5 Å². The number of aliphatic carboxylic acids is 1. The van der Waals surface area contributed by atoms with E-state index in [2.05, 4.69) is 103 Å². The van der Waals surface area contributed by atoms with Crippen LogP contribution < -0.4 is 15.6 Å². The minimum Gasteiger partial charge on any atom is -0.506 e. The van der Waals surface area contributed by atoms with Crippen LogP contribution in [0.3, 0.4) is 0 Å². The first-order valence-electron chi connectivity index (χ1n) is 12.0. The zero-order chi connectivity index (χ0) is 27.8. The summed E-state index contributed by atoms with van der Waals surface area (Å²) >= 11 is 4.32. The van der Waals surface area contributed by atoms with Gasteiger partial charge in [-0.2, -0.15) is 20.1 Å². The van der Waals surface area contributed by atoms with Gasteiger partial charge in [-0.15, -0.1) is 0 Å². The van der Waals surface area contributed by atoms with E-state index in [0.717, 1.165) is 51.2 Å². The first-order chi connectivity index (χ1) is 18.0. The number of nitrogens with one attached hydrogen (secondary N) is 2. The Kier molecular flexibility index (Phi) is 10.9. The van der Waals surface area contributed by atoms with Crippen molar-refractivity contribution in [1.82, 2.24) is 15.0 Å². The quantitative estimate of drug-likeness (QED) is 0.138. The third kappa shape index (κ3) is 8.64. The molecule has 202 valence electrons. The van der Waals surface area contributed by atoms with Gasteiger partial charge in [0, 0.05) is 34.8 Å². The number of hydrazone groups is 1. The van der Waals surface area contributed by atoms with Crippen LogP contribution in [0, 0.1) is 26.9 Å². The third-order valence-electron chi connectivity index (χ3n) is 5.97. The normalized spacial score (nSPS) is 13.7. The summed E-state index contributed by atoms with van der Waals surface area (Å²) in [7, 11) is 0. The highest BCUT2D eigenvalue weighted by molar-refractivity contribution is 14.1. The predicted octanol–water partition coefficient (Wildman–Crippen LogP) is 5.92. The average Bonchev–Trinajstić information content (AvgIpc) is 2.85. The van der Waals surface area contributed by atoms with Gasteiger partial charge in [-0.1, -0.05) is 19.1 Å². The fraction of sp³-hybridized carbons (Fsp3) is 0.346. The van der Waals surface area contributed by atoms with Crippen LogP contribution in [0.15, 0.2) is 35.4 Å². The molecule has 1 saturated heterocycles. The topological polar surface area (TPSA) is 136 Å². The lowest BCUT2D eigenvalue weighted by Crippen LogP contribution is -2.34. The number of benzene rings is 2. The number of rotatable bonds is 6. The van der Waals surface area contributed by atoms with Crippen LogP contribution in [0.1, 0.15) is 43.4 Å². The van der Waals surface area contributed by atoms with Crippen molar-refractivity contribution in [3.63, 3.8) is 0 Å². The van der Waals surface area contributed by atoms with Crippen LogP contribution in [-0.2, 0) is 4.79 Å². The Hall–Kier alpha value is -2.75. The lowest BCUT2D eigenvalue weighted by molar-refractivity contribution is -0.134. The number of anilines is 4. The summed E-state index contributed by atoms with van der Waals surface area (Å²) in [4.78, 5) is 25.1. The predicted molar refractivity (Wildman–Crippen MR) is 168 cm³/mol. The summed E-state index contributed by atoms with van der Waals surface area (Å²) in [6.45, 7) is 9.33.